The molecule has 0 radical (unpaired) electrons. The van der Waals surface area contributed by atoms with Crippen LogP contribution in [0.25, 0.3) is 0 Å². The molecule has 2 aromatic rings. The van der Waals surface area contributed by atoms with E-state index in [0.717, 1.165) is 63.3 Å². The van der Waals surface area contributed by atoms with Crippen molar-refractivity contribution >= 4 is 29.9 Å². The second kappa shape index (κ2) is 12.1. The number of nitrogens with zero attached hydrogens (tertiary/aromatic N) is 5. The summed E-state index contributed by atoms with van der Waals surface area (Å²) in [6.07, 6.45) is 0. The summed E-state index contributed by atoms with van der Waals surface area (Å²) in [7, 11) is 1.99. The number of ether oxygens (including phenoxy) is 1. The lowest BCUT2D eigenvalue weighted by atomic mass is 10.2. The zero-order valence-corrected chi connectivity index (χ0v) is 20.9. The first-order chi connectivity index (χ1) is 14.1. The number of hydrogen-bond acceptors (Lipinski definition) is 4. The highest BCUT2D eigenvalue weighted by atomic mass is 127. The number of hydrogen-bond donors (Lipinski definition) is 1. The molecule has 8 heteroatoms. The molecule has 0 saturated carbocycles. The zero-order valence-electron chi connectivity index (χ0n) is 18.6. The van der Waals surface area contributed by atoms with E-state index in [0.29, 0.717) is 6.54 Å². The Morgan fingerprint density at radius 2 is 1.83 bits per heavy atom. The summed E-state index contributed by atoms with van der Waals surface area (Å²) >= 11 is 0. The van der Waals surface area contributed by atoms with Gasteiger partial charge in [-0.25, -0.2) is 4.99 Å². The van der Waals surface area contributed by atoms with Gasteiger partial charge in [0.1, 0.15) is 12.4 Å². The van der Waals surface area contributed by atoms with Crippen molar-refractivity contribution in [2.75, 3.05) is 45.9 Å². The van der Waals surface area contributed by atoms with Crippen LogP contribution in [0, 0.1) is 13.8 Å². The van der Waals surface area contributed by atoms with Crippen molar-refractivity contribution in [1.29, 1.82) is 0 Å². The highest BCUT2D eigenvalue weighted by Crippen LogP contribution is 2.14. The van der Waals surface area contributed by atoms with Gasteiger partial charge in [0, 0.05) is 57.6 Å². The minimum Gasteiger partial charge on any atom is -0.492 e. The maximum Gasteiger partial charge on any atom is 0.194 e. The largest absolute Gasteiger partial charge is 0.492 e. The van der Waals surface area contributed by atoms with Crippen LogP contribution >= 0.6 is 24.0 Å². The molecule has 1 aliphatic heterocycles. The topological polar surface area (TPSA) is 57.9 Å². The van der Waals surface area contributed by atoms with Gasteiger partial charge in [0.15, 0.2) is 5.96 Å². The van der Waals surface area contributed by atoms with Gasteiger partial charge >= 0.3 is 0 Å². The summed E-state index contributed by atoms with van der Waals surface area (Å²) in [5, 5.41) is 7.96. The molecule has 0 atom stereocenters. The van der Waals surface area contributed by atoms with Gasteiger partial charge in [-0.2, -0.15) is 5.10 Å². The van der Waals surface area contributed by atoms with E-state index in [1.165, 1.54) is 11.3 Å². The molecule has 1 N–H and O–H groups in total. The Balaban J connectivity index is 0.00000320. The fourth-order valence-corrected chi connectivity index (χ4v) is 3.62. The smallest absolute Gasteiger partial charge is 0.194 e. The van der Waals surface area contributed by atoms with E-state index in [4.69, 9.17) is 9.73 Å². The molecule has 0 spiro atoms. The minimum absolute atomic E-state index is 0. The number of rotatable bonds is 7. The predicted octanol–water partition coefficient (Wildman–Crippen LogP) is 2.82. The first-order valence-corrected chi connectivity index (χ1v) is 10.5. The van der Waals surface area contributed by atoms with Gasteiger partial charge in [-0.05, 0) is 32.9 Å². The molecule has 1 aromatic heterocycles. The third-order valence-electron chi connectivity index (χ3n) is 5.47. The van der Waals surface area contributed by atoms with Crippen molar-refractivity contribution < 1.29 is 4.74 Å². The normalized spacial score (nSPS) is 15.1. The quantitative estimate of drug-likeness (QED) is 0.342. The lowest BCUT2D eigenvalue weighted by molar-refractivity contribution is 0.152. The molecule has 1 aromatic carbocycles. The number of piperazine rings is 1. The van der Waals surface area contributed by atoms with Crippen LogP contribution in [0.4, 0.5) is 0 Å². The highest BCUT2D eigenvalue weighted by molar-refractivity contribution is 14.0. The van der Waals surface area contributed by atoms with Crippen LogP contribution in [0.5, 0.6) is 5.75 Å². The molecule has 0 bridgehead atoms. The second-order valence-electron chi connectivity index (χ2n) is 7.43. The number of guanidine groups is 1. The average Bonchev–Trinajstić information content (AvgIpc) is 2.98. The summed E-state index contributed by atoms with van der Waals surface area (Å²) in [5.41, 5.74) is 3.47. The fraction of sp³-hybridized carbons (Fsp3) is 0.545. The van der Waals surface area contributed by atoms with Crippen molar-refractivity contribution in [2.24, 2.45) is 12.0 Å². The number of para-hydroxylation sites is 1. The Labute approximate surface area is 197 Å². The number of benzene rings is 1. The minimum atomic E-state index is 0. The van der Waals surface area contributed by atoms with Gasteiger partial charge < -0.3 is 15.0 Å². The second-order valence-corrected chi connectivity index (χ2v) is 7.43. The molecule has 1 saturated heterocycles. The Morgan fingerprint density at radius 1 is 1.13 bits per heavy atom. The number of aryl methyl sites for hydroxylation is 2. The molecule has 2 heterocycles. The summed E-state index contributed by atoms with van der Waals surface area (Å²) in [6, 6.07) is 10.0. The van der Waals surface area contributed by atoms with Gasteiger partial charge in [0.2, 0.25) is 0 Å². The van der Waals surface area contributed by atoms with Crippen molar-refractivity contribution in [3.8, 4) is 5.75 Å². The van der Waals surface area contributed by atoms with Crippen LogP contribution in [-0.2, 0) is 13.6 Å². The van der Waals surface area contributed by atoms with Crippen LogP contribution in [0.1, 0.15) is 23.9 Å². The van der Waals surface area contributed by atoms with E-state index < -0.39 is 0 Å². The molecule has 0 unspecified atom stereocenters. The van der Waals surface area contributed by atoms with Crippen LogP contribution in [0.3, 0.4) is 0 Å². The lowest BCUT2D eigenvalue weighted by Gasteiger charge is -2.36. The first-order valence-electron chi connectivity index (χ1n) is 10.5. The zero-order chi connectivity index (χ0) is 20.6. The predicted molar refractivity (Wildman–Crippen MR) is 133 cm³/mol. The lowest BCUT2D eigenvalue weighted by Crippen LogP contribution is -2.53. The molecular formula is C22H35IN6O. The van der Waals surface area contributed by atoms with E-state index >= 15 is 0 Å². The van der Waals surface area contributed by atoms with E-state index in [1.54, 1.807) is 0 Å². The number of aromatic nitrogens is 2. The van der Waals surface area contributed by atoms with Gasteiger partial charge in [0.05, 0.1) is 12.2 Å². The molecule has 0 aliphatic carbocycles. The van der Waals surface area contributed by atoms with E-state index in [9.17, 15) is 0 Å². The third kappa shape index (κ3) is 6.60. The molecule has 1 aliphatic rings. The van der Waals surface area contributed by atoms with Crippen LogP contribution in [-0.4, -0.2) is 71.4 Å². The summed E-state index contributed by atoms with van der Waals surface area (Å²) < 4.78 is 7.77. The van der Waals surface area contributed by atoms with Crippen molar-refractivity contribution in [3.05, 3.63) is 47.3 Å². The molecular weight excluding hydrogens is 491 g/mol. The first kappa shape index (κ1) is 24.5. The maximum absolute atomic E-state index is 5.83. The summed E-state index contributed by atoms with van der Waals surface area (Å²) in [6.45, 7) is 13.5. The molecule has 0 amide bonds. The Kier molecular flexibility index (Phi) is 9.90. The van der Waals surface area contributed by atoms with Crippen LogP contribution < -0.4 is 10.1 Å². The van der Waals surface area contributed by atoms with Crippen molar-refractivity contribution in [3.63, 3.8) is 0 Å². The van der Waals surface area contributed by atoms with Crippen LogP contribution in [0.15, 0.2) is 35.3 Å². The van der Waals surface area contributed by atoms with Crippen molar-refractivity contribution in [2.45, 2.75) is 27.3 Å². The summed E-state index contributed by atoms with van der Waals surface area (Å²) in [4.78, 5) is 9.72. The molecule has 166 valence electrons. The van der Waals surface area contributed by atoms with E-state index in [-0.39, 0.29) is 24.0 Å². The maximum atomic E-state index is 5.83. The van der Waals surface area contributed by atoms with E-state index in [2.05, 4.69) is 41.0 Å². The standard InChI is InChI=1S/C22H34N6O.HI/c1-5-23-22(24-17-21-18(2)25-26(4)19(21)3)28-13-11-27(12-14-28)15-16-29-20-9-7-6-8-10-20;/h6-10H,5,11-17H2,1-4H3,(H,23,24);1H. The van der Waals surface area contributed by atoms with Gasteiger partial charge in [-0.3, -0.25) is 9.58 Å². The van der Waals surface area contributed by atoms with Gasteiger partial charge in [0.25, 0.3) is 0 Å². The molecule has 30 heavy (non-hydrogen) atoms. The third-order valence-corrected chi connectivity index (χ3v) is 5.47. The van der Waals surface area contributed by atoms with Crippen molar-refractivity contribution in [1.82, 2.24) is 24.9 Å². The number of aliphatic imine (C=N–C) groups is 1. The summed E-state index contributed by atoms with van der Waals surface area (Å²) in [5.74, 6) is 1.93. The average molecular weight is 526 g/mol. The Bertz CT molecular complexity index is 799. The van der Waals surface area contributed by atoms with E-state index in [1.807, 2.05) is 42.1 Å². The van der Waals surface area contributed by atoms with Gasteiger partial charge in [-0.1, -0.05) is 18.2 Å². The molecule has 7 nitrogen and oxygen atoms in total. The molecule has 1 fully saturated rings. The number of nitrogens with one attached hydrogen (secondary N) is 1. The SMILES string of the molecule is CCNC(=NCc1c(C)nn(C)c1C)N1CCN(CCOc2ccccc2)CC1.I. The Hall–Kier alpha value is -1.81. The monoisotopic (exact) mass is 526 g/mol. The fourth-order valence-electron chi connectivity index (χ4n) is 3.62. The van der Waals surface area contributed by atoms with Crippen LogP contribution in [0.2, 0.25) is 0 Å². The molecule has 3 rings (SSSR count). The Morgan fingerprint density at radius 3 is 2.43 bits per heavy atom. The highest BCUT2D eigenvalue weighted by Gasteiger charge is 2.20. The van der Waals surface area contributed by atoms with Gasteiger partial charge in [-0.15, -0.1) is 24.0 Å². The number of halogens is 1.